The number of benzene rings is 2. The second-order valence-corrected chi connectivity index (χ2v) is 7.34. The van der Waals surface area contributed by atoms with Gasteiger partial charge in [-0.05, 0) is 55.0 Å². The summed E-state index contributed by atoms with van der Waals surface area (Å²) in [6.45, 7) is 2.54. The molecular weight excluding hydrogens is 324 g/mol. The summed E-state index contributed by atoms with van der Waals surface area (Å²) in [7, 11) is 0. The van der Waals surface area contributed by atoms with Crippen LogP contribution in [0.5, 0.6) is 5.75 Å². The van der Waals surface area contributed by atoms with Crippen molar-refractivity contribution in [1.82, 2.24) is 10.6 Å². The topological polar surface area (TPSA) is 50.4 Å². The van der Waals surface area contributed by atoms with Gasteiger partial charge in [-0.2, -0.15) is 0 Å². The third-order valence-corrected chi connectivity index (χ3v) is 5.33. The highest BCUT2D eigenvalue weighted by Gasteiger charge is 2.44. The largest absolute Gasteiger partial charge is 0.489 e. The number of rotatable bonds is 6. The molecule has 2 N–H and O–H groups in total. The maximum absolute atomic E-state index is 12.4. The molecule has 2 aromatic carbocycles. The van der Waals surface area contributed by atoms with E-state index in [0.717, 1.165) is 43.7 Å². The molecule has 4 nitrogen and oxygen atoms in total. The number of ether oxygens (including phenoxy) is 1. The van der Waals surface area contributed by atoms with Crippen LogP contribution in [0.1, 0.15) is 36.3 Å². The summed E-state index contributed by atoms with van der Waals surface area (Å²) >= 11 is 0. The van der Waals surface area contributed by atoms with E-state index in [1.165, 1.54) is 5.56 Å². The average Bonchev–Trinajstić information content (AvgIpc) is 3.49. The van der Waals surface area contributed by atoms with Crippen LogP contribution in [-0.2, 0) is 11.4 Å². The summed E-state index contributed by atoms with van der Waals surface area (Å²) in [5.41, 5.74) is 2.40. The SMILES string of the molecule is O=C(NC1CCCNC1)C1CC1c1ccc(OCc2ccccc2)cc1. The van der Waals surface area contributed by atoms with Gasteiger partial charge in [-0.3, -0.25) is 4.79 Å². The van der Waals surface area contributed by atoms with Crippen molar-refractivity contribution in [3.05, 3.63) is 65.7 Å². The van der Waals surface area contributed by atoms with Gasteiger partial charge in [-0.15, -0.1) is 0 Å². The fourth-order valence-corrected chi connectivity index (χ4v) is 3.69. The molecule has 3 atom stereocenters. The van der Waals surface area contributed by atoms with Crippen LogP contribution in [0.4, 0.5) is 0 Å². The van der Waals surface area contributed by atoms with E-state index in [2.05, 4.69) is 34.9 Å². The molecule has 1 saturated heterocycles. The minimum atomic E-state index is 0.132. The first-order valence-electron chi connectivity index (χ1n) is 9.57. The first-order chi connectivity index (χ1) is 12.8. The summed E-state index contributed by atoms with van der Waals surface area (Å²) in [4.78, 5) is 12.4. The number of nitrogens with one attached hydrogen (secondary N) is 2. The predicted octanol–water partition coefficient (Wildman–Crippen LogP) is 3.24. The van der Waals surface area contributed by atoms with Gasteiger partial charge in [0.05, 0.1) is 0 Å². The zero-order valence-electron chi connectivity index (χ0n) is 15.0. The van der Waals surface area contributed by atoms with E-state index in [-0.39, 0.29) is 11.8 Å². The monoisotopic (exact) mass is 350 g/mol. The van der Waals surface area contributed by atoms with Gasteiger partial charge in [0, 0.05) is 18.5 Å². The van der Waals surface area contributed by atoms with Crippen LogP contribution in [-0.4, -0.2) is 25.0 Å². The number of carbonyl (C=O) groups is 1. The third kappa shape index (κ3) is 4.25. The maximum atomic E-state index is 12.4. The van der Waals surface area contributed by atoms with E-state index in [1.807, 2.05) is 30.3 Å². The Labute approximate surface area is 155 Å². The van der Waals surface area contributed by atoms with Gasteiger partial charge in [0.1, 0.15) is 12.4 Å². The second-order valence-electron chi connectivity index (χ2n) is 7.34. The molecule has 1 amide bonds. The third-order valence-electron chi connectivity index (χ3n) is 5.33. The van der Waals surface area contributed by atoms with Crippen LogP contribution in [0.15, 0.2) is 54.6 Å². The molecule has 0 bridgehead atoms. The van der Waals surface area contributed by atoms with Crippen LogP contribution in [0.25, 0.3) is 0 Å². The first-order valence-corrected chi connectivity index (χ1v) is 9.57. The first kappa shape index (κ1) is 17.1. The summed E-state index contributed by atoms with van der Waals surface area (Å²) in [6, 6.07) is 18.7. The summed E-state index contributed by atoms with van der Waals surface area (Å²) < 4.78 is 5.84. The van der Waals surface area contributed by atoms with Gasteiger partial charge in [0.25, 0.3) is 0 Å². The highest BCUT2D eigenvalue weighted by atomic mass is 16.5. The Morgan fingerprint density at radius 1 is 1.12 bits per heavy atom. The van der Waals surface area contributed by atoms with E-state index in [1.54, 1.807) is 0 Å². The number of hydrogen-bond donors (Lipinski definition) is 2. The van der Waals surface area contributed by atoms with Gasteiger partial charge >= 0.3 is 0 Å². The van der Waals surface area contributed by atoms with Crippen molar-refractivity contribution < 1.29 is 9.53 Å². The minimum absolute atomic E-state index is 0.132. The van der Waals surface area contributed by atoms with Crippen LogP contribution in [0, 0.1) is 5.92 Å². The molecule has 0 radical (unpaired) electrons. The number of piperidine rings is 1. The Morgan fingerprint density at radius 2 is 1.92 bits per heavy atom. The molecule has 0 spiro atoms. The lowest BCUT2D eigenvalue weighted by molar-refractivity contribution is -0.123. The molecule has 4 heteroatoms. The van der Waals surface area contributed by atoms with E-state index < -0.39 is 0 Å². The summed E-state index contributed by atoms with van der Waals surface area (Å²) in [5, 5.41) is 6.55. The summed E-state index contributed by atoms with van der Waals surface area (Å²) in [6.07, 6.45) is 3.18. The Bertz CT molecular complexity index is 724. The summed E-state index contributed by atoms with van der Waals surface area (Å²) in [5.74, 6) is 1.57. The van der Waals surface area contributed by atoms with E-state index in [9.17, 15) is 4.79 Å². The Morgan fingerprint density at radius 3 is 2.65 bits per heavy atom. The van der Waals surface area contributed by atoms with Crippen molar-refractivity contribution in [3.8, 4) is 5.75 Å². The molecule has 136 valence electrons. The van der Waals surface area contributed by atoms with Gasteiger partial charge in [-0.1, -0.05) is 42.5 Å². The molecule has 2 aliphatic rings. The fourth-order valence-electron chi connectivity index (χ4n) is 3.69. The standard InChI is InChI=1S/C22H26N2O2/c25-22(24-18-7-4-12-23-14-18)21-13-20(21)17-8-10-19(11-9-17)26-15-16-5-2-1-3-6-16/h1-3,5-6,8-11,18,20-21,23H,4,7,12-15H2,(H,24,25). The number of hydrogen-bond acceptors (Lipinski definition) is 3. The van der Waals surface area contributed by atoms with Crippen molar-refractivity contribution in [2.45, 2.75) is 37.8 Å². The normalized spacial score (nSPS) is 24.7. The van der Waals surface area contributed by atoms with Crippen molar-refractivity contribution in [2.24, 2.45) is 5.92 Å². The average molecular weight is 350 g/mol. The van der Waals surface area contributed by atoms with Crippen LogP contribution >= 0.6 is 0 Å². The van der Waals surface area contributed by atoms with Crippen LogP contribution in [0.3, 0.4) is 0 Å². The number of carbonyl (C=O) groups excluding carboxylic acids is 1. The number of amides is 1. The van der Waals surface area contributed by atoms with Gasteiger partial charge in [0.15, 0.2) is 0 Å². The Balaban J connectivity index is 1.27. The lowest BCUT2D eigenvalue weighted by Crippen LogP contribution is -2.46. The van der Waals surface area contributed by atoms with E-state index in [0.29, 0.717) is 18.6 Å². The van der Waals surface area contributed by atoms with Gasteiger partial charge < -0.3 is 15.4 Å². The van der Waals surface area contributed by atoms with Crippen molar-refractivity contribution in [2.75, 3.05) is 13.1 Å². The lowest BCUT2D eigenvalue weighted by Gasteiger charge is -2.23. The minimum Gasteiger partial charge on any atom is -0.489 e. The fraction of sp³-hybridized carbons (Fsp3) is 0.409. The zero-order valence-corrected chi connectivity index (χ0v) is 15.0. The van der Waals surface area contributed by atoms with E-state index >= 15 is 0 Å². The molecule has 4 rings (SSSR count). The quantitative estimate of drug-likeness (QED) is 0.841. The Hall–Kier alpha value is -2.33. The predicted molar refractivity (Wildman–Crippen MR) is 102 cm³/mol. The highest BCUT2D eigenvalue weighted by Crippen LogP contribution is 2.47. The molecule has 26 heavy (non-hydrogen) atoms. The van der Waals surface area contributed by atoms with Crippen LogP contribution < -0.4 is 15.4 Å². The molecular formula is C22H26N2O2. The molecule has 2 fully saturated rings. The zero-order chi connectivity index (χ0) is 17.8. The molecule has 1 aliphatic carbocycles. The molecule has 1 saturated carbocycles. The molecule has 0 aromatic heterocycles. The maximum Gasteiger partial charge on any atom is 0.224 e. The molecule has 2 aromatic rings. The highest BCUT2D eigenvalue weighted by molar-refractivity contribution is 5.83. The smallest absolute Gasteiger partial charge is 0.224 e. The van der Waals surface area contributed by atoms with Crippen molar-refractivity contribution in [3.63, 3.8) is 0 Å². The van der Waals surface area contributed by atoms with Gasteiger partial charge in [0.2, 0.25) is 5.91 Å². The molecule has 1 heterocycles. The van der Waals surface area contributed by atoms with E-state index in [4.69, 9.17) is 4.74 Å². The van der Waals surface area contributed by atoms with Gasteiger partial charge in [-0.25, -0.2) is 0 Å². The molecule has 3 unspecified atom stereocenters. The van der Waals surface area contributed by atoms with Crippen molar-refractivity contribution in [1.29, 1.82) is 0 Å². The van der Waals surface area contributed by atoms with Crippen LogP contribution in [0.2, 0.25) is 0 Å². The second kappa shape index (κ2) is 7.92. The lowest BCUT2D eigenvalue weighted by atomic mass is 10.1. The Kier molecular flexibility index (Phi) is 5.21. The molecule has 1 aliphatic heterocycles. The van der Waals surface area contributed by atoms with Crippen molar-refractivity contribution >= 4 is 5.91 Å².